The molecule has 2 aromatic carbocycles. The summed E-state index contributed by atoms with van der Waals surface area (Å²) in [6.45, 7) is 2.02. The van der Waals surface area contributed by atoms with Crippen molar-refractivity contribution in [3.05, 3.63) is 76.1 Å². The molecule has 3 aromatic rings. The molecule has 164 valence electrons. The first-order chi connectivity index (χ1) is 15.6. The lowest BCUT2D eigenvalue weighted by atomic mass is 9.85. The Bertz CT molecular complexity index is 1210. The number of anilines is 1. The Kier molecular flexibility index (Phi) is 6.11. The van der Waals surface area contributed by atoms with Crippen LogP contribution in [0.3, 0.4) is 0 Å². The first-order valence-electron chi connectivity index (χ1n) is 11.0. The number of carbonyl (C=O) groups excluding carboxylic acids is 1. The van der Waals surface area contributed by atoms with Crippen LogP contribution in [0.1, 0.15) is 42.7 Å². The van der Waals surface area contributed by atoms with Crippen molar-refractivity contribution in [2.45, 2.75) is 54.0 Å². The van der Waals surface area contributed by atoms with Crippen LogP contribution in [-0.4, -0.2) is 26.5 Å². The average Bonchev–Trinajstić information content (AvgIpc) is 3.17. The highest BCUT2D eigenvalue weighted by Gasteiger charge is 2.39. The minimum atomic E-state index is -0.118. The summed E-state index contributed by atoms with van der Waals surface area (Å²) in [4.78, 5) is 31.3. The number of rotatable bonds is 5. The van der Waals surface area contributed by atoms with E-state index in [9.17, 15) is 9.59 Å². The fraction of sp³-hybridized carbons (Fsp3) is 0.320. The molecule has 7 heteroatoms. The largest absolute Gasteiger partial charge is 0.325 e. The molecular formula is C25H25N3O2S2. The van der Waals surface area contributed by atoms with Gasteiger partial charge in [-0.05, 0) is 49.6 Å². The lowest BCUT2D eigenvalue weighted by Crippen LogP contribution is -2.29. The maximum absolute atomic E-state index is 13.8. The number of fused-ring (bicyclic) bond motifs is 3. The van der Waals surface area contributed by atoms with Crippen molar-refractivity contribution in [1.29, 1.82) is 0 Å². The summed E-state index contributed by atoms with van der Waals surface area (Å²) in [5, 5.41) is 4.80. The number of nitrogens with zero attached hydrogens (tertiary/aromatic N) is 2. The Labute approximate surface area is 196 Å². The monoisotopic (exact) mass is 463 g/mol. The van der Waals surface area contributed by atoms with Crippen molar-refractivity contribution in [2.24, 2.45) is 0 Å². The number of thioether (sulfide) groups is 2. The fourth-order valence-electron chi connectivity index (χ4n) is 4.55. The van der Waals surface area contributed by atoms with E-state index in [0.717, 1.165) is 40.4 Å². The molecule has 2 heterocycles. The van der Waals surface area contributed by atoms with Gasteiger partial charge in [-0.15, -0.1) is 11.8 Å². The lowest BCUT2D eigenvalue weighted by molar-refractivity contribution is -0.113. The molecule has 1 fully saturated rings. The van der Waals surface area contributed by atoms with Gasteiger partial charge in [0, 0.05) is 16.9 Å². The summed E-state index contributed by atoms with van der Waals surface area (Å²) in [6, 6.07) is 17.3. The van der Waals surface area contributed by atoms with E-state index in [1.807, 2.05) is 61.5 Å². The minimum Gasteiger partial charge on any atom is -0.325 e. The van der Waals surface area contributed by atoms with Crippen LogP contribution in [-0.2, 0) is 4.79 Å². The zero-order valence-electron chi connectivity index (χ0n) is 17.9. The standard InChI is InChI=1S/C25H25N3O2S2/c1-16-8-7-11-18(14-16)28-24(30)22-19-12-5-6-13-20(19)32-23(22)27-25(28)31-15-21(29)26-17-9-3-2-4-10-17/h2-4,7-11,14,19-20H,5-6,12-13,15H2,1H3,(H,26,29)/t19-,20+/m1/s1. The molecule has 1 N–H and O–H groups in total. The Hall–Kier alpha value is -2.51. The van der Waals surface area contributed by atoms with Gasteiger partial charge in [-0.3, -0.25) is 14.2 Å². The predicted octanol–water partition coefficient (Wildman–Crippen LogP) is 5.40. The van der Waals surface area contributed by atoms with Crippen LogP contribution in [0.5, 0.6) is 0 Å². The van der Waals surface area contributed by atoms with Crippen LogP contribution in [0, 0.1) is 6.92 Å². The molecule has 2 aliphatic rings. The summed E-state index contributed by atoms with van der Waals surface area (Å²) >= 11 is 3.07. The van der Waals surface area contributed by atoms with E-state index >= 15 is 0 Å². The second kappa shape index (κ2) is 9.16. The summed E-state index contributed by atoms with van der Waals surface area (Å²) in [5.41, 5.74) is 3.54. The van der Waals surface area contributed by atoms with E-state index in [-0.39, 0.29) is 17.2 Å². The SMILES string of the molecule is Cc1cccc(-n2c(SCC(=O)Nc3ccccc3)nc3c(c2=O)[C@@H]2CCCC[C@@H]2S3)c1. The number of para-hydroxylation sites is 1. The van der Waals surface area contributed by atoms with E-state index in [4.69, 9.17) is 4.98 Å². The van der Waals surface area contributed by atoms with Crippen LogP contribution in [0.2, 0.25) is 0 Å². The molecule has 5 rings (SSSR count). The molecule has 0 saturated heterocycles. The maximum Gasteiger partial charge on any atom is 0.263 e. The van der Waals surface area contributed by atoms with Gasteiger partial charge in [0.15, 0.2) is 5.16 Å². The number of hydrogen-bond donors (Lipinski definition) is 1. The molecule has 0 spiro atoms. The third-order valence-electron chi connectivity index (χ3n) is 6.04. The smallest absolute Gasteiger partial charge is 0.263 e. The van der Waals surface area contributed by atoms with Gasteiger partial charge in [-0.25, -0.2) is 4.98 Å². The molecular weight excluding hydrogens is 438 g/mol. The molecule has 1 amide bonds. The molecule has 1 aromatic heterocycles. The molecule has 1 aliphatic carbocycles. The van der Waals surface area contributed by atoms with E-state index in [0.29, 0.717) is 16.3 Å². The Morgan fingerprint density at radius 3 is 2.78 bits per heavy atom. The zero-order valence-corrected chi connectivity index (χ0v) is 19.5. The Morgan fingerprint density at radius 2 is 1.97 bits per heavy atom. The Balaban J connectivity index is 1.49. The number of aryl methyl sites for hydroxylation is 1. The minimum absolute atomic E-state index is 0.0217. The van der Waals surface area contributed by atoms with E-state index < -0.39 is 0 Å². The highest BCUT2D eigenvalue weighted by atomic mass is 32.2. The van der Waals surface area contributed by atoms with Gasteiger partial charge in [0.05, 0.1) is 17.0 Å². The first-order valence-corrected chi connectivity index (χ1v) is 12.8. The van der Waals surface area contributed by atoms with Crippen molar-refractivity contribution in [2.75, 3.05) is 11.1 Å². The number of hydrogen-bond acceptors (Lipinski definition) is 5. The van der Waals surface area contributed by atoms with Gasteiger partial charge in [-0.1, -0.05) is 54.9 Å². The second-order valence-corrected chi connectivity index (χ2v) is 10.5. The number of aromatic nitrogens is 2. The fourth-order valence-corrected chi connectivity index (χ4v) is 6.93. The Morgan fingerprint density at radius 1 is 1.16 bits per heavy atom. The quantitative estimate of drug-likeness (QED) is 0.312. The molecule has 0 bridgehead atoms. The number of carbonyl (C=O) groups is 1. The molecule has 32 heavy (non-hydrogen) atoms. The molecule has 1 saturated carbocycles. The molecule has 0 unspecified atom stereocenters. The topological polar surface area (TPSA) is 64.0 Å². The van der Waals surface area contributed by atoms with Crippen LogP contribution in [0.25, 0.3) is 5.69 Å². The normalized spacial score (nSPS) is 19.3. The highest BCUT2D eigenvalue weighted by molar-refractivity contribution is 8.00. The molecule has 1 aliphatic heterocycles. The highest BCUT2D eigenvalue weighted by Crippen LogP contribution is 2.50. The van der Waals surface area contributed by atoms with Crippen molar-refractivity contribution in [3.63, 3.8) is 0 Å². The van der Waals surface area contributed by atoms with Gasteiger partial charge < -0.3 is 5.32 Å². The number of amides is 1. The van der Waals surface area contributed by atoms with Crippen molar-refractivity contribution < 1.29 is 4.79 Å². The van der Waals surface area contributed by atoms with Crippen molar-refractivity contribution in [3.8, 4) is 5.69 Å². The van der Waals surface area contributed by atoms with Crippen LogP contribution in [0.15, 0.2) is 69.6 Å². The van der Waals surface area contributed by atoms with E-state index in [1.165, 1.54) is 24.6 Å². The van der Waals surface area contributed by atoms with Gasteiger partial charge in [0.25, 0.3) is 5.56 Å². The molecule has 5 nitrogen and oxygen atoms in total. The summed E-state index contributed by atoms with van der Waals surface area (Å²) in [7, 11) is 0. The van der Waals surface area contributed by atoms with Crippen molar-refractivity contribution >= 4 is 35.1 Å². The van der Waals surface area contributed by atoms with E-state index in [2.05, 4.69) is 5.32 Å². The molecule has 0 radical (unpaired) electrons. The average molecular weight is 464 g/mol. The van der Waals surface area contributed by atoms with Gasteiger partial charge in [0.2, 0.25) is 5.91 Å². The zero-order chi connectivity index (χ0) is 22.1. The lowest BCUT2D eigenvalue weighted by Gasteiger charge is -2.24. The van der Waals surface area contributed by atoms with Crippen LogP contribution < -0.4 is 10.9 Å². The van der Waals surface area contributed by atoms with Crippen LogP contribution >= 0.6 is 23.5 Å². The van der Waals surface area contributed by atoms with Gasteiger partial charge in [-0.2, -0.15) is 0 Å². The van der Waals surface area contributed by atoms with Gasteiger partial charge in [0.1, 0.15) is 5.03 Å². The second-order valence-electron chi connectivity index (χ2n) is 8.34. The van der Waals surface area contributed by atoms with Crippen LogP contribution in [0.4, 0.5) is 5.69 Å². The number of benzene rings is 2. The number of nitrogens with one attached hydrogen (secondary N) is 1. The summed E-state index contributed by atoms with van der Waals surface area (Å²) < 4.78 is 1.71. The third-order valence-corrected chi connectivity index (χ3v) is 8.38. The molecule has 2 atom stereocenters. The maximum atomic E-state index is 13.8. The summed E-state index contributed by atoms with van der Waals surface area (Å²) in [5.74, 6) is 0.358. The van der Waals surface area contributed by atoms with Gasteiger partial charge >= 0.3 is 0 Å². The van der Waals surface area contributed by atoms with Crippen molar-refractivity contribution in [1.82, 2.24) is 9.55 Å². The summed E-state index contributed by atoms with van der Waals surface area (Å²) in [6.07, 6.45) is 4.58. The third kappa shape index (κ3) is 4.24. The predicted molar refractivity (Wildman–Crippen MR) is 131 cm³/mol. The first kappa shape index (κ1) is 21.3. The van der Waals surface area contributed by atoms with E-state index in [1.54, 1.807) is 16.3 Å².